The Labute approximate surface area is 179 Å². The highest BCUT2D eigenvalue weighted by molar-refractivity contribution is 6.02. The number of anilines is 1. The van der Waals surface area contributed by atoms with Gasteiger partial charge in [0.05, 0.1) is 6.61 Å². The molecule has 0 atom stereocenters. The molecule has 3 rings (SSSR count). The molecule has 1 saturated heterocycles. The van der Waals surface area contributed by atoms with Gasteiger partial charge in [-0.2, -0.15) is 0 Å². The molecule has 0 aliphatic carbocycles. The van der Waals surface area contributed by atoms with Gasteiger partial charge in [-0.1, -0.05) is 55.0 Å². The molecule has 1 heterocycles. The minimum Gasteiger partial charge on any atom is -0.464 e. The summed E-state index contributed by atoms with van der Waals surface area (Å²) in [6.07, 6.45) is 1.44. The zero-order chi connectivity index (χ0) is 21.6. The minimum atomic E-state index is -0.967. The third kappa shape index (κ3) is 4.73. The Bertz CT molecular complexity index is 840. The van der Waals surface area contributed by atoms with E-state index in [0.717, 1.165) is 30.9 Å². The average molecular weight is 409 g/mol. The van der Waals surface area contributed by atoms with Crippen molar-refractivity contribution in [2.24, 2.45) is 0 Å². The van der Waals surface area contributed by atoms with Gasteiger partial charge in [-0.15, -0.1) is 0 Å². The number of esters is 1. The first-order chi connectivity index (χ1) is 14.5. The third-order valence-electron chi connectivity index (χ3n) is 5.86. The lowest BCUT2D eigenvalue weighted by Crippen LogP contribution is -2.62. The molecule has 1 amide bonds. The van der Waals surface area contributed by atoms with Gasteiger partial charge in [-0.05, 0) is 44.4 Å². The van der Waals surface area contributed by atoms with Crippen LogP contribution in [0, 0.1) is 6.92 Å². The van der Waals surface area contributed by atoms with Crippen molar-refractivity contribution in [3.63, 3.8) is 0 Å². The van der Waals surface area contributed by atoms with E-state index in [9.17, 15) is 9.59 Å². The first-order valence-corrected chi connectivity index (χ1v) is 10.8. The van der Waals surface area contributed by atoms with Gasteiger partial charge >= 0.3 is 5.97 Å². The molecule has 0 aromatic heterocycles. The summed E-state index contributed by atoms with van der Waals surface area (Å²) in [5.74, 6) is -0.352. The van der Waals surface area contributed by atoms with Crippen LogP contribution in [0.25, 0.3) is 0 Å². The van der Waals surface area contributed by atoms with Gasteiger partial charge in [-0.3, -0.25) is 14.6 Å². The van der Waals surface area contributed by atoms with Gasteiger partial charge < -0.3 is 4.74 Å². The number of benzene rings is 2. The molecule has 0 bridgehead atoms. The Hall–Kier alpha value is -2.66. The summed E-state index contributed by atoms with van der Waals surface area (Å²) in [6.45, 7) is 8.27. The lowest BCUT2D eigenvalue weighted by atomic mass is 9.84. The van der Waals surface area contributed by atoms with Gasteiger partial charge in [0.15, 0.2) is 0 Å². The maximum absolute atomic E-state index is 13.3. The molecular formula is C25H32N2O3. The standard InChI is InChI=1S/C25H32N2O3/c1-4-23(28)27(22-13-11-20(3)12-14-22)25(24(29)30-5-2)15-17-26(18-16-25)19-21-9-7-6-8-10-21/h6-14H,4-5,15-19H2,1-3H3. The molecule has 1 fully saturated rings. The van der Waals surface area contributed by atoms with Crippen LogP contribution >= 0.6 is 0 Å². The Balaban J connectivity index is 1.90. The minimum absolute atomic E-state index is 0.0524. The number of nitrogens with zero attached hydrogens (tertiary/aromatic N) is 2. The number of hydrogen-bond donors (Lipinski definition) is 0. The number of carbonyl (C=O) groups excluding carboxylic acids is 2. The van der Waals surface area contributed by atoms with E-state index in [2.05, 4.69) is 17.0 Å². The van der Waals surface area contributed by atoms with Crippen LogP contribution in [0.2, 0.25) is 0 Å². The van der Waals surface area contributed by atoms with Crippen molar-refractivity contribution in [1.82, 2.24) is 4.90 Å². The van der Waals surface area contributed by atoms with E-state index < -0.39 is 5.54 Å². The largest absolute Gasteiger partial charge is 0.464 e. The van der Waals surface area contributed by atoms with Gasteiger partial charge in [0.1, 0.15) is 5.54 Å². The van der Waals surface area contributed by atoms with Crippen molar-refractivity contribution < 1.29 is 14.3 Å². The van der Waals surface area contributed by atoms with E-state index in [4.69, 9.17) is 4.74 Å². The van der Waals surface area contributed by atoms with Crippen LogP contribution in [0.3, 0.4) is 0 Å². The Kier molecular flexibility index (Phi) is 7.27. The van der Waals surface area contributed by atoms with Gasteiger partial charge in [-0.25, -0.2) is 4.79 Å². The van der Waals surface area contributed by atoms with Crippen LogP contribution in [0.1, 0.15) is 44.2 Å². The number of aryl methyl sites for hydroxylation is 1. The SMILES string of the molecule is CCOC(=O)C1(N(C(=O)CC)c2ccc(C)cc2)CCN(Cc2ccccc2)CC1. The molecule has 1 aliphatic rings. The molecule has 5 nitrogen and oxygen atoms in total. The van der Waals surface area contributed by atoms with E-state index in [-0.39, 0.29) is 11.9 Å². The highest BCUT2D eigenvalue weighted by Crippen LogP contribution is 2.36. The summed E-state index contributed by atoms with van der Waals surface area (Å²) in [6, 6.07) is 18.2. The summed E-state index contributed by atoms with van der Waals surface area (Å²) >= 11 is 0. The predicted octanol–water partition coefficient (Wildman–Crippen LogP) is 4.34. The van der Waals surface area contributed by atoms with Crippen LogP contribution < -0.4 is 4.90 Å². The second-order valence-electron chi connectivity index (χ2n) is 7.93. The monoisotopic (exact) mass is 408 g/mol. The third-order valence-corrected chi connectivity index (χ3v) is 5.86. The molecule has 160 valence electrons. The van der Waals surface area contributed by atoms with Crippen molar-refractivity contribution in [3.8, 4) is 0 Å². The summed E-state index contributed by atoms with van der Waals surface area (Å²) in [4.78, 5) is 30.4. The lowest BCUT2D eigenvalue weighted by molar-refractivity contribution is -0.153. The Morgan fingerprint density at radius 3 is 2.20 bits per heavy atom. The summed E-state index contributed by atoms with van der Waals surface area (Å²) in [7, 11) is 0. The zero-order valence-corrected chi connectivity index (χ0v) is 18.3. The number of amides is 1. The molecule has 2 aromatic carbocycles. The number of ether oxygens (including phenoxy) is 1. The summed E-state index contributed by atoms with van der Waals surface area (Å²) in [5, 5.41) is 0. The number of carbonyl (C=O) groups is 2. The number of hydrogen-bond acceptors (Lipinski definition) is 4. The van der Waals surface area contributed by atoms with E-state index in [1.54, 1.807) is 4.90 Å². The van der Waals surface area contributed by atoms with E-state index >= 15 is 0 Å². The maximum atomic E-state index is 13.3. The zero-order valence-electron chi connectivity index (χ0n) is 18.3. The second kappa shape index (κ2) is 9.90. The molecule has 30 heavy (non-hydrogen) atoms. The lowest BCUT2D eigenvalue weighted by Gasteiger charge is -2.46. The van der Waals surface area contributed by atoms with Crippen molar-refractivity contribution in [2.45, 2.75) is 52.1 Å². The molecule has 0 radical (unpaired) electrons. The summed E-state index contributed by atoms with van der Waals surface area (Å²) < 4.78 is 5.51. The molecule has 0 N–H and O–H groups in total. The van der Waals surface area contributed by atoms with Gasteiger partial charge in [0.2, 0.25) is 5.91 Å². The molecular weight excluding hydrogens is 376 g/mol. The van der Waals surface area contributed by atoms with Crippen LogP contribution in [-0.2, 0) is 20.9 Å². The van der Waals surface area contributed by atoms with Crippen molar-refractivity contribution in [2.75, 3.05) is 24.6 Å². The smallest absolute Gasteiger partial charge is 0.332 e. The van der Waals surface area contributed by atoms with Crippen LogP contribution in [-0.4, -0.2) is 42.0 Å². The van der Waals surface area contributed by atoms with E-state index in [1.165, 1.54) is 5.56 Å². The highest BCUT2D eigenvalue weighted by atomic mass is 16.5. The van der Waals surface area contributed by atoms with Crippen molar-refractivity contribution in [3.05, 3.63) is 65.7 Å². The molecule has 2 aromatic rings. The number of piperidine rings is 1. The quantitative estimate of drug-likeness (QED) is 0.640. The normalized spacial score (nSPS) is 16.1. The van der Waals surface area contributed by atoms with Gasteiger partial charge in [0.25, 0.3) is 0 Å². The van der Waals surface area contributed by atoms with E-state index in [0.29, 0.717) is 25.9 Å². The molecule has 5 heteroatoms. The highest BCUT2D eigenvalue weighted by Gasteiger charge is 2.50. The average Bonchev–Trinajstić information content (AvgIpc) is 2.77. The van der Waals surface area contributed by atoms with Crippen molar-refractivity contribution >= 4 is 17.6 Å². The molecule has 0 saturated carbocycles. The predicted molar refractivity (Wildman–Crippen MR) is 119 cm³/mol. The fourth-order valence-corrected chi connectivity index (χ4v) is 4.19. The number of likely N-dealkylation sites (tertiary alicyclic amines) is 1. The van der Waals surface area contributed by atoms with E-state index in [1.807, 2.05) is 63.2 Å². The first-order valence-electron chi connectivity index (χ1n) is 10.8. The van der Waals surface area contributed by atoms with Gasteiger partial charge in [0, 0.05) is 31.7 Å². The van der Waals surface area contributed by atoms with Crippen molar-refractivity contribution in [1.29, 1.82) is 0 Å². The Morgan fingerprint density at radius 2 is 1.63 bits per heavy atom. The number of rotatable bonds is 7. The fraction of sp³-hybridized carbons (Fsp3) is 0.440. The maximum Gasteiger partial charge on any atom is 0.332 e. The van der Waals surface area contributed by atoms with Crippen LogP contribution in [0.4, 0.5) is 5.69 Å². The molecule has 0 unspecified atom stereocenters. The second-order valence-corrected chi connectivity index (χ2v) is 7.93. The summed E-state index contributed by atoms with van der Waals surface area (Å²) in [5.41, 5.74) is 2.16. The van der Waals surface area contributed by atoms with Crippen LogP contribution in [0.5, 0.6) is 0 Å². The first kappa shape index (κ1) is 22.0. The molecule has 1 aliphatic heterocycles. The Morgan fingerprint density at radius 1 is 1.00 bits per heavy atom. The fourth-order valence-electron chi connectivity index (χ4n) is 4.19. The molecule has 0 spiro atoms. The topological polar surface area (TPSA) is 49.9 Å². The van der Waals surface area contributed by atoms with Crippen LogP contribution in [0.15, 0.2) is 54.6 Å².